The molecule has 42 heavy (non-hydrogen) atoms. The van der Waals surface area contributed by atoms with Crippen LogP contribution in [0, 0.1) is 0 Å². The number of aryl methyl sites for hydroxylation is 1. The Morgan fingerprint density at radius 3 is 1.98 bits per heavy atom. The quantitative estimate of drug-likeness (QED) is 0.0726. The molecule has 0 aliphatic rings. The zero-order valence-corrected chi connectivity index (χ0v) is 24.3. The number of ether oxygens (including phenoxy) is 5. The molecule has 0 aromatic heterocycles. The SMILES string of the molecule is C=CC(=O)OCCCCOc1ccc(C(=O)Oc2ccc(C(=O)Oc3ccc(CCCCCC)cc3)cc2)cc1OC. The smallest absolute Gasteiger partial charge is 0.343 e. The highest BCUT2D eigenvalue weighted by Crippen LogP contribution is 2.29. The van der Waals surface area contributed by atoms with Gasteiger partial charge in [-0.1, -0.05) is 44.9 Å². The number of esters is 3. The van der Waals surface area contributed by atoms with Crippen LogP contribution in [0.4, 0.5) is 0 Å². The summed E-state index contributed by atoms with van der Waals surface area (Å²) in [6, 6.07) is 18.5. The van der Waals surface area contributed by atoms with Gasteiger partial charge in [0.25, 0.3) is 0 Å². The third kappa shape index (κ3) is 10.4. The standard InChI is InChI=1S/C34H38O8/c1-4-6-7-8-11-25-12-17-28(18-13-25)41-33(36)26-14-19-29(20-15-26)42-34(37)27-16-21-30(31(24-27)38-3)39-22-9-10-23-40-32(35)5-2/h5,12-21,24H,2,4,6-11,22-23H2,1,3H3. The molecule has 222 valence electrons. The lowest BCUT2D eigenvalue weighted by Crippen LogP contribution is -2.11. The van der Waals surface area contributed by atoms with E-state index in [2.05, 4.69) is 13.5 Å². The van der Waals surface area contributed by atoms with Crippen LogP contribution >= 0.6 is 0 Å². The minimum absolute atomic E-state index is 0.271. The zero-order chi connectivity index (χ0) is 30.2. The van der Waals surface area contributed by atoms with Crippen LogP contribution in [0.3, 0.4) is 0 Å². The van der Waals surface area contributed by atoms with Crippen molar-refractivity contribution in [2.24, 2.45) is 0 Å². The highest BCUT2D eigenvalue weighted by Gasteiger charge is 2.15. The average molecular weight is 575 g/mol. The summed E-state index contributed by atoms with van der Waals surface area (Å²) >= 11 is 0. The Balaban J connectivity index is 1.48. The fourth-order valence-electron chi connectivity index (χ4n) is 4.00. The summed E-state index contributed by atoms with van der Waals surface area (Å²) in [6.45, 7) is 6.20. The Kier molecular flexibility index (Phi) is 13.1. The molecule has 0 aliphatic carbocycles. The van der Waals surface area contributed by atoms with Crippen LogP contribution in [0.15, 0.2) is 79.4 Å². The Bertz CT molecular complexity index is 1310. The molecule has 0 saturated heterocycles. The van der Waals surface area contributed by atoms with E-state index in [0.29, 0.717) is 42.3 Å². The van der Waals surface area contributed by atoms with Gasteiger partial charge in [0.05, 0.1) is 31.5 Å². The molecule has 3 aromatic rings. The summed E-state index contributed by atoms with van der Waals surface area (Å²) in [6.07, 6.45) is 8.24. The molecule has 8 nitrogen and oxygen atoms in total. The molecule has 8 heteroatoms. The zero-order valence-electron chi connectivity index (χ0n) is 24.3. The number of carbonyl (C=O) groups is 3. The molecular weight excluding hydrogens is 536 g/mol. The second-order valence-corrected chi connectivity index (χ2v) is 9.55. The van der Waals surface area contributed by atoms with E-state index in [0.717, 1.165) is 18.9 Å². The first kappa shape index (κ1) is 31.9. The second-order valence-electron chi connectivity index (χ2n) is 9.55. The van der Waals surface area contributed by atoms with E-state index in [1.807, 2.05) is 12.1 Å². The number of benzene rings is 3. The van der Waals surface area contributed by atoms with Crippen molar-refractivity contribution in [3.63, 3.8) is 0 Å². The lowest BCUT2D eigenvalue weighted by atomic mass is 10.1. The van der Waals surface area contributed by atoms with Gasteiger partial charge in [-0.25, -0.2) is 14.4 Å². The Morgan fingerprint density at radius 1 is 0.714 bits per heavy atom. The largest absolute Gasteiger partial charge is 0.493 e. The molecule has 0 heterocycles. The van der Waals surface area contributed by atoms with Gasteiger partial charge < -0.3 is 23.7 Å². The van der Waals surface area contributed by atoms with Crippen LogP contribution in [-0.4, -0.2) is 38.2 Å². The maximum absolute atomic E-state index is 12.7. The number of unbranched alkanes of at least 4 members (excludes halogenated alkanes) is 4. The first-order valence-electron chi connectivity index (χ1n) is 14.2. The number of rotatable bonds is 17. The van der Waals surface area contributed by atoms with Crippen LogP contribution in [0.5, 0.6) is 23.0 Å². The van der Waals surface area contributed by atoms with Crippen molar-refractivity contribution in [3.8, 4) is 23.0 Å². The molecule has 3 rings (SSSR count). The molecule has 0 fully saturated rings. The number of methoxy groups -OCH3 is 1. The minimum Gasteiger partial charge on any atom is -0.493 e. The van der Waals surface area contributed by atoms with Crippen molar-refractivity contribution < 1.29 is 38.1 Å². The molecular formula is C34H38O8. The van der Waals surface area contributed by atoms with E-state index in [-0.39, 0.29) is 17.9 Å². The molecule has 0 bridgehead atoms. The van der Waals surface area contributed by atoms with E-state index >= 15 is 0 Å². The van der Waals surface area contributed by atoms with Gasteiger partial charge in [-0.05, 0) is 85.8 Å². The van der Waals surface area contributed by atoms with Crippen molar-refractivity contribution >= 4 is 17.9 Å². The minimum atomic E-state index is -0.589. The summed E-state index contributed by atoms with van der Waals surface area (Å²) in [5.74, 6) is 0.0641. The van der Waals surface area contributed by atoms with Crippen LogP contribution in [0.2, 0.25) is 0 Å². The van der Waals surface area contributed by atoms with Crippen LogP contribution in [0.25, 0.3) is 0 Å². The Labute approximate surface area is 247 Å². The van der Waals surface area contributed by atoms with Gasteiger partial charge in [0.15, 0.2) is 11.5 Å². The lowest BCUT2D eigenvalue weighted by molar-refractivity contribution is -0.137. The molecule has 0 saturated carbocycles. The molecule has 0 aliphatic heterocycles. The molecule has 0 radical (unpaired) electrons. The van der Waals surface area contributed by atoms with E-state index in [9.17, 15) is 14.4 Å². The summed E-state index contributed by atoms with van der Waals surface area (Å²) in [5, 5.41) is 0. The predicted molar refractivity (Wildman–Crippen MR) is 160 cm³/mol. The topological polar surface area (TPSA) is 97.4 Å². The Hall–Kier alpha value is -4.59. The lowest BCUT2D eigenvalue weighted by Gasteiger charge is -2.12. The molecule has 0 atom stereocenters. The van der Waals surface area contributed by atoms with E-state index in [4.69, 9.17) is 23.7 Å². The summed E-state index contributed by atoms with van der Waals surface area (Å²) in [7, 11) is 1.48. The van der Waals surface area contributed by atoms with Gasteiger partial charge in [-0.15, -0.1) is 0 Å². The van der Waals surface area contributed by atoms with Gasteiger partial charge >= 0.3 is 17.9 Å². The highest BCUT2D eigenvalue weighted by atomic mass is 16.5. The first-order valence-corrected chi connectivity index (χ1v) is 14.2. The van der Waals surface area contributed by atoms with Gasteiger partial charge in [0, 0.05) is 6.08 Å². The fraction of sp³-hybridized carbons (Fsp3) is 0.324. The molecule has 3 aromatic carbocycles. The third-order valence-electron chi connectivity index (χ3n) is 6.36. The van der Waals surface area contributed by atoms with Crippen molar-refractivity contribution in [1.29, 1.82) is 0 Å². The van der Waals surface area contributed by atoms with Crippen LogP contribution in [0.1, 0.15) is 71.7 Å². The summed E-state index contributed by atoms with van der Waals surface area (Å²) < 4.78 is 27.0. The van der Waals surface area contributed by atoms with E-state index in [1.165, 1.54) is 50.1 Å². The van der Waals surface area contributed by atoms with E-state index < -0.39 is 17.9 Å². The monoisotopic (exact) mass is 574 g/mol. The highest BCUT2D eigenvalue weighted by molar-refractivity contribution is 5.93. The number of hydrogen-bond donors (Lipinski definition) is 0. The Morgan fingerprint density at radius 2 is 1.33 bits per heavy atom. The maximum Gasteiger partial charge on any atom is 0.343 e. The molecule has 0 N–H and O–H groups in total. The normalized spacial score (nSPS) is 10.4. The van der Waals surface area contributed by atoms with Crippen molar-refractivity contribution in [1.82, 2.24) is 0 Å². The number of hydrogen-bond acceptors (Lipinski definition) is 8. The molecule has 0 unspecified atom stereocenters. The van der Waals surface area contributed by atoms with Gasteiger partial charge in [0.2, 0.25) is 0 Å². The third-order valence-corrected chi connectivity index (χ3v) is 6.36. The molecule has 0 spiro atoms. The molecule has 0 amide bonds. The van der Waals surface area contributed by atoms with Gasteiger partial charge in [0.1, 0.15) is 11.5 Å². The van der Waals surface area contributed by atoms with Crippen molar-refractivity contribution in [2.75, 3.05) is 20.3 Å². The van der Waals surface area contributed by atoms with E-state index in [1.54, 1.807) is 36.4 Å². The number of carbonyl (C=O) groups excluding carboxylic acids is 3. The van der Waals surface area contributed by atoms with Crippen LogP contribution in [-0.2, 0) is 16.0 Å². The second kappa shape index (κ2) is 17.3. The first-order chi connectivity index (χ1) is 20.4. The van der Waals surface area contributed by atoms with Crippen LogP contribution < -0.4 is 18.9 Å². The van der Waals surface area contributed by atoms with Gasteiger partial charge in [-0.3, -0.25) is 0 Å². The average Bonchev–Trinajstić information content (AvgIpc) is 3.01. The fourth-order valence-corrected chi connectivity index (χ4v) is 4.00. The summed E-state index contributed by atoms with van der Waals surface area (Å²) in [5.41, 5.74) is 1.82. The van der Waals surface area contributed by atoms with Crippen molar-refractivity contribution in [3.05, 3.63) is 96.1 Å². The van der Waals surface area contributed by atoms with Gasteiger partial charge in [-0.2, -0.15) is 0 Å². The maximum atomic E-state index is 12.7. The van der Waals surface area contributed by atoms with Crippen molar-refractivity contribution in [2.45, 2.75) is 51.9 Å². The summed E-state index contributed by atoms with van der Waals surface area (Å²) in [4.78, 5) is 36.4. The predicted octanol–water partition coefficient (Wildman–Crippen LogP) is 7.14.